The fourth-order valence-electron chi connectivity index (χ4n) is 2.54. The molecule has 0 spiro atoms. The topological polar surface area (TPSA) is 27.6 Å². The third kappa shape index (κ3) is 1.98. The molecule has 1 aliphatic rings. The van der Waals surface area contributed by atoms with E-state index in [0.29, 0.717) is 11.5 Å². The van der Waals surface area contributed by atoms with Crippen molar-refractivity contribution in [2.45, 2.75) is 46.1 Å². The first-order chi connectivity index (χ1) is 4.49. The molecule has 0 amide bonds. The molecular weight excluding hydrogens is 122 g/mol. The van der Waals surface area contributed by atoms with E-state index in [1.807, 2.05) is 0 Å². The van der Waals surface area contributed by atoms with Crippen molar-refractivity contribution in [2.24, 2.45) is 11.3 Å². The van der Waals surface area contributed by atoms with Gasteiger partial charge in [-0.3, -0.25) is 0 Å². The highest BCUT2D eigenvalue weighted by Gasteiger charge is 2.31. The Morgan fingerprint density at radius 2 is 1.90 bits per heavy atom. The quantitative estimate of drug-likeness (QED) is 0.530. The van der Waals surface area contributed by atoms with Crippen molar-refractivity contribution < 1.29 is 5.73 Å². The predicted molar refractivity (Wildman–Crippen MR) is 43.5 cm³/mol. The molecule has 0 heterocycles. The lowest BCUT2D eigenvalue weighted by molar-refractivity contribution is -0.433. The smallest absolute Gasteiger partial charge is 0.0851 e. The first kappa shape index (κ1) is 8.06. The highest BCUT2D eigenvalue weighted by molar-refractivity contribution is 4.81. The molecule has 1 saturated carbocycles. The van der Waals surface area contributed by atoms with E-state index in [2.05, 4.69) is 26.5 Å². The molecule has 1 aliphatic carbocycles. The fraction of sp³-hybridized carbons (Fsp3) is 1.00. The summed E-state index contributed by atoms with van der Waals surface area (Å²) in [6.45, 7) is 7.07. The highest BCUT2D eigenvalue weighted by Crippen LogP contribution is 2.36. The molecular formula is C9H20N+. The van der Waals surface area contributed by atoms with Gasteiger partial charge in [-0.2, -0.15) is 0 Å². The van der Waals surface area contributed by atoms with Crippen LogP contribution in [0.25, 0.3) is 0 Å². The summed E-state index contributed by atoms with van der Waals surface area (Å²) in [4.78, 5) is 0. The lowest BCUT2D eigenvalue weighted by Gasteiger charge is -2.35. The number of quaternary nitrogens is 1. The van der Waals surface area contributed by atoms with Gasteiger partial charge in [0.2, 0.25) is 0 Å². The van der Waals surface area contributed by atoms with Gasteiger partial charge in [-0.1, -0.05) is 20.8 Å². The summed E-state index contributed by atoms with van der Waals surface area (Å²) >= 11 is 0. The number of hydrogen-bond acceptors (Lipinski definition) is 0. The highest BCUT2D eigenvalue weighted by atomic mass is 14.7. The Morgan fingerprint density at radius 3 is 2.30 bits per heavy atom. The third-order valence-corrected chi connectivity index (χ3v) is 2.48. The maximum absolute atomic E-state index is 4.14. The van der Waals surface area contributed by atoms with Gasteiger partial charge in [-0.05, 0) is 17.8 Å². The van der Waals surface area contributed by atoms with Crippen LogP contribution in [-0.4, -0.2) is 6.04 Å². The first-order valence-electron chi connectivity index (χ1n) is 4.33. The second-order valence-electron chi connectivity index (χ2n) is 4.78. The average molecular weight is 142 g/mol. The molecule has 0 unspecified atom stereocenters. The standard InChI is InChI=1S/C9H19N/c1-7-4-8(10)6-9(2,3)5-7/h7-8H,4-6,10H2,1-3H3/p+1/t7-,8+/m1/s1. The molecule has 3 N–H and O–H groups in total. The number of rotatable bonds is 0. The van der Waals surface area contributed by atoms with Gasteiger partial charge >= 0.3 is 0 Å². The zero-order valence-corrected chi connectivity index (χ0v) is 7.48. The SMILES string of the molecule is C[C@@H]1C[C@H]([NH3+])CC(C)(C)C1. The van der Waals surface area contributed by atoms with Gasteiger partial charge in [0.25, 0.3) is 0 Å². The Labute approximate surface area is 64.0 Å². The maximum atomic E-state index is 4.14. The van der Waals surface area contributed by atoms with Crippen LogP contribution >= 0.6 is 0 Å². The summed E-state index contributed by atoms with van der Waals surface area (Å²) in [5, 5.41) is 0. The molecule has 1 heteroatoms. The van der Waals surface area contributed by atoms with Crippen LogP contribution < -0.4 is 5.73 Å². The summed E-state index contributed by atoms with van der Waals surface area (Å²) in [5.74, 6) is 0.895. The zero-order valence-electron chi connectivity index (χ0n) is 7.48. The zero-order chi connectivity index (χ0) is 7.78. The van der Waals surface area contributed by atoms with Crippen LogP contribution in [0.15, 0.2) is 0 Å². The molecule has 60 valence electrons. The Hall–Kier alpha value is -0.0400. The fourth-order valence-corrected chi connectivity index (χ4v) is 2.54. The summed E-state index contributed by atoms with van der Waals surface area (Å²) < 4.78 is 0. The normalized spacial score (nSPS) is 39.6. The molecule has 0 aliphatic heterocycles. The third-order valence-electron chi connectivity index (χ3n) is 2.48. The van der Waals surface area contributed by atoms with Crippen LogP contribution in [0.4, 0.5) is 0 Å². The van der Waals surface area contributed by atoms with Crippen molar-refractivity contribution in [3.8, 4) is 0 Å². The minimum absolute atomic E-state index is 0.560. The second kappa shape index (κ2) is 2.54. The van der Waals surface area contributed by atoms with Gasteiger partial charge in [-0.15, -0.1) is 0 Å². The van der Waals surface area contributed by atoms with Crippen molar-refractivity contribution in [3.63, 3.8) is 0 Å². The summed E-state index contributed by atoms with van der Waals surface area (Å²) in [6, 6.07) is 0.707. The van der Waals surface area contributed by atoms with Crippen LogP contribution in [0.2, 0.25) is 0 Å². The van der Waals surface area contributed by atoms with Crippen LogP contribution in [0.1, 0.15) is 40.0 Å². The van der Waals surface area contributed by atoms with Gasteiger partial charge in [0, 0.05) is 12.8 Å². The van der Waals surface area contributed by atoms with Gasteiger partial charge in [0.05, 0.1) is 6.04 Å². The van der Waals surface area contributed by atoms with E-state index >= 15 is 0 Å². The number of hydrogen-bond donors (Lipinski definition) is 1. The van der Waals surface area contributed by atoms with E-state index in [1.54, 1.807) is 0 Å². The molecule has 0 saturated heterocycles. The molecule has 0 aromatic carbocycles. The Kier molecular flexibility index (Phi) is 2.04. The Morgan fingerprint density at radius 1 is 1.30 bits per heavy atom. The van der Waals surface area contributed by atoms with Crippen molar-refractivity contribution in [1.82, 2.24) is 0 Å². The van der Waals surface area contributed by atoms with E-state index < -0.39 is 0 Å². The monoisotopic (exact) mass is 142 g/mol. The maximum Gasteiger partial charge on any atom is 0.0851 e. The van der Waals surface area contributed by atoms with Gasteiger partial charge in [-0.25, -0.2) is 0 Å². The van der Waals surface area contributed by atoms with Crippen molar-refractivity contribution in [3.05, 3.63) is 0 Å². The Balaban J connectivity index is 2.51. The molecule has 0 bridgehead atoms. The van der Waals surface area contributed by atoms with Crippen molar-refractivity contribution >= 4 is 0 Å². The summed E-state index contributed by atoms with van der Waals surface area (Å²) in [6.07, 6.45) is 4.04. The van der Waals surface area contributed by atoms with E-state index in [4.69, 9.17) is 0 Å². The first-order valence-corrected chi connectivity index (χ1v) is 4.33. The summed E-state index contributed by atoms with van der Waals surface area (Å²) in [7, 11) is 0. The molecule has 0 aromatic rings. The Bertz CT molecular complexity index is 106. The van der Waals surface area contributed by atoms with E-state index in [9.17, 15) is 0 Å². The van der Waals surface area contributed by atoms with Crippen LogP contribution in [0.5, 0.6) is 0 Å². The van der Waals surface area contributed by atoms with E-state index in [1.165, 1.54) is 19.3 Å². The lowest BCUT2D eigenvalue weighted by atomic mass is 9.71. The molecule has 1 nitrogen and oxygen atoms in total. The summed E-state index contributed by atoms with van der Waals surface area (Å²) in [5.41, 5.74) is 4.70. The van der Waals surface area contributed by atoms with Crippen LogP contribution in [0, 0.1) is 11.3 Å². The molecule has 2 atom stereocenters. The van der Waals surface area contributed by atoms with E-state index in [-0.39, 0.29) is 0 Å². The van der Waals surface area contributed by atoms with Gasteiger partial charge in [0.15, 0.2) is 0 Å². The van der Waals surface area contributed by atoms with Gasteiger partial charge < -0.3 is 5.73 Å². The largest absolute Gasteiger partial charge is 0.355 e. The predicted octanol–water partition coefficient (Wildman–Crippen LogP) is 1.44. The van der Waals surface area contributed by atoms with Crippen molar-refractivity contribution in [2.75, 3.05) is 0 Å². The molecule has 0 radical (unpaired) electrons. The average Bonchev–Trinajstić information content (AvgIpc) is 1.54. The van der Waals surface area contributed by atoms with Gasteiger partial charge in [0.1, 0.15) is 0 Å². The molecule has 10 heavy (non-hydrogen) atoms. The second-order valence-corrected chi connectivity index (χ2v) is 4.78. The van der Waals surface area contributed by atoms with Crippen LogP contribution in [-0.2, 0) is 0 Å². The van der Waals surface area contributed by atoms with Crippen LogP contribution in [0.3, 0.4) is 0 Å². The minimum atomic E-state index is 0.560. The molecule has 0 aromatic heterocycles. The van der Waals surface area contributed by atoms with Crippen molar-refractivity contribution in [1.29, 1.82) is 0 Å². The van der Waals surface area contributed by atoms with E-state index in [0.717, 1.165) is 5.92 Å². The molecule has 1 fully saturated rings. The lowest BCUT2D eigenvalue weighted by Crippen LogP contribution is -2.64. The minimum Gasteiger partial charge on any atom is -0.355 e. The molecule has 1 rings (SSSR count).